The summed E-state index contributed by atoms with van der Waals surface area (Å²) in [5.41, 5.74) is 6.47. The summed E-state index contributed by atoms with van der Waals surface area (Å²) in [6.45, 7) is 5.43. The van der Waals surface area contributed by atoms with Gasteiger partial charge in [-0.1, -0.05) is 0 Å². The van der Waals surface area contributed by atoms with Gasteiger partial charge in [0.15, 0.2) is 0 Å². The average Bonchev–Trinajstić information content (AvgIpc) is 2.85. The number of hydrogen-bond acceptors (Lipinski definition) is 5. The molecule has 1 aromatic heterocycles. The minimum Gasteiger partial charge on any atom is -0.497 e. The summed E-state index contributed by atoms with van der Waals surface area (Å²) in [6, 6.07) is 5.19. The van der Waals surface area contributed by atoms with Gasteiger partial charge in [0.2, 0.25) is 0 Å². The lowest BCUT2D eigenvalue weighted by molar-refractivity contribution is 0.0539. The van der Waals surface area contributed by atoms with Crippen LogP contribution in [0.4, 0.5) is 10.5 Å². The minimum absolute atomic E-state index is 0.454. The van der Waals surface area contributed by atoms with Crippen LogP contribution in [-0.4, -0.2) is 28.4 Å². The van der Waals surface area contributed by atoms with Gasteiger partial charge >= 0.3 is 6.09 Å². The number of rotatable bonds is 2. The first-order valence-electron chi connectivity index (χ1n) is 6.52. The maximum atomic E-state index is 12.2. The van der Waals surface area contributed by atoms with Gasteiger partial charge in [0, 0.05) is 29.7 Å². The second kappa shape index (κ2) is 5.47. The van der Waals surface area contributed by atoms with Crippen LogP contribution in [0.25, 0.3) is 11.4 Å². The average molecular weight is 289 g/mol. The van der Waals surface area contributed by atoms with E-state index < -0.39 is 11.7 Å². The molecule has 1 aromatic carbocycles. The SMILES string of the molecule is COc1cc(N)cc(-c2nccn2C(=O)OC(C)(C)C)c1. The highest BCUT2D eigenvalue weighted by atomic mass is 16.6. The number of ether oxygens (including phenoxy) is 2. The van der Waals surface area contributed by atoms with E-state index in [2.05, 4.69) is 4.98 Å². The molecule has 2 rings (SSSR count). The summed E-state index contributed by atoms with van der Waals surface area (Å²) < 4.78 is 11.9. The summed E-state index contributed by atoms with van der Waals surface area (Å²) in [5, 5.41) is 0. The second-order valence-corrected chi connectivity index (χ2v) is 5.60. The summed E-state index contributed by atoms with van der Waals surface area (Å²) in [6.07, 6.45) is 2.60. The number of aromatic nitrogens is 2. The van der Waals surface area contributed by atoms with Crippen molar-refractivity contribution in [2.45, 2.75) is 26.4 Å². The first-order chi connectivity index (χ1) is 9.80. The Bertz CT molecular complexity index is 656. The Morgan fingerprint density at radius 2 is 2.00 bits per heavy atom. The van der Waals surface area contributed by atoms with Crippen molar-refractivity contribution in [3.8, 4) is 17.1 Å². The number of carbonyl (C=O) groups excluding carboxylic acids is 1. The topological polar surface area (TPSA) is 79.4 Å². The van der Waals surface area contributed by atoms with E-state index in [4.69, 9.17) is 15.2 Å². The lowest BCUT2D eigenvalue weighted by Crippen LogP contribution is -2.27. The fourth-order valence-corrected chi connectivity index (χ4v) is 1.84. The molecule has 6 nitrogen and oxygen atoms in total. The van der Waals surface area contributed by atoms with Gasteiger partial charge in [-0.15, -0.1) is 0 Å². The Labute approximate surface area is 123 Å². The molecule has 0 radical (unpaired) electrons. The number of anilines is 1. The smallest absolute Gasteiger partial charge is 0.420 e. The molecule has 0 saturated carbocycles. The molecule has 0 aliphatic heterocycles. The van der Waals surface area contributed by atoms with E-state index in [1.807, 2.05) is 20.8 Å². The highest BCUT2D eigenvalue weighted by molar-refractivity contribution is 5.78. The molecule has 2 aromatic rings. The van der Waals surface area contributed by atoms with Crippen LogP contribution < -0.4 is 10.5 Å². The zero-order valence-corrected chi connectivity index (χ0v) is 12.6. The summed E-state index contributed by atoms with van der Waals surface area (Å²) >= 11 is 0. The van der Waals surface area contributed by atoms with E-state index in [-0.39, 0.29) is 0 Å². The predicted octanol–water partition coefficient (Wildman–Crippen LogP) is 2.92. The van der Waals surface area contributed by atoms with Gasteiger partial charge in [0.1, 0.15) is 17.2 Å². The van der Waals surface area contributed by atoms with Crippen LogP contribution in [0.15, 0.2) is 30.6 Å². The number of nitrogens with two attached hydrogens (primary N) is 1. The van der Waals surface area contributed by atoms with E-state index in [0.717, 1.165) is 0 Å². The van der Waals surface area contributed by atoms with E-state index in [9.17, 15) is 4.79 Å². The van der Waals surface area contributed by atoms with Crippen molar-refractivity contribution in [2.24, 2.45) is 0 Å². The molecule has 2 N–H and O–H groups in total. The van der Waals surface area contributed by atoms with Gasteiger partial charge in [-0.05, 0) is 32.9 Å². The lowest BCUT2D eigenvalue weighted by atomic mass is 10.1. The molecule has 0 amide bonds. The third-order valence-electron chi connectivity index (χ3n) is 2.65. The monoisotopic (exact) mass is 289 g/mol. The molecule has 1 heterocycles. The molecule has 0 atom stereocenters. The van der Waals surface area contributed by atoms with Crippen LogP contribution in [0.5, 0.6) is 5.75 Å². The standard InChI is InChI=1S/C15H19N3O3/c1-15(2,3)21-14(19)18-6-5-17-13(18)10-7-11(16)9-12(8-10)20-4/h5-9H,16H2,1-4H3. The van der Waals surface area contributed by atoms with Gasteiger partial charge in [-0.3, -0.25) is 0 Å². The molecule has 0 spiro atoms. The van der Waals surface area contributed by atoms with E-state index in [0.29, 0.717) is 22.8 Å². The van der Waals surface area contributed by atoms with Crippen molar-refractivity contribution >= 4 is 11.8 Å². The van der Waals surface area contributed by atoms with Gasteiger partial charge in [-0.2, -0.15) is 0 Å². The Morgan fingerprint density at radius 1 is 1.29 bits per heavy atom. The van der Waals surface area contributed by atoms with E-state index in [1.165, 1.54) is 10.8 Å². The van der Waals surface area contributed by atoms with E-state index >= 15 is 0 Å². The Kier molecular flexibility index (Phi) is 3.88. The molecule has 0 fully saturated rings. The molecule has 6 heteroatoms. The zero-order valence-electron chi connectivity index (χ0n) is 12.6. The fourth-order valence-electron chi connectivity index (χ4n) is 1.84. The molecule has 0 saturated heterocycles. The van der Waals surface area contributed by atoms with Crippen molar-refractivity contribution in [3.63, 3.8) is 0 Å². The number of carbonyl (C=O) groups is 1. The molecular weight excluding hydrogens is 270 g/mol. The maximum Gasteiger partial charge on any atom is 0.420 e. The molecule has 0 aliphatic rings. The lowest BCUT2D eigenvalue weighted by Gasteiger charge is -2.20. The number of nitrogen functional groups attached to an aromatic ring is 1. The van der Waals surface area contributed by atoms with Gasteiger partial charge in [-0.25, -0.2) is 14.3 Å². The number of methoxy groups -OCH3 is 1. The third kappa shape index (κ3) is 3.53. The van der Waals surface area contributed by atoms with Gasteiger partial charge in [0.25, 0.3) is 0 Å². The van der Waals surface area contributed by atoms with Crippen LogP contribution in [0.1, 0.15) is 20.8 Å². The summed E-state index contributed by atoms with van der Waals surface area (Å²) in [7, 11) is 1.55. The van der Waals surface area contributed by atoms with Crippen molar-refractivity contribution in [3.05, 3.63) is 30.6 Å². The quantitative estimate of drug-likeness (QED) is 0.860. The predicted molar refractivity (Wildman–Crippen MR) is 80.3 cm³/mol. The normalized spacial score (nSPS) is 11.2. The zero-order chi connectivity index (χ0) is 15.6. The maximum absolute atomic E-state index is 12.2. The third-order valence-corrected chi connectivity index (χ3v) is 2.65. The number of imidazole rings is 1. The van der Waals surface area contributed by atoms with Gasteiger partial charge < -0.3 is 15.2 Å². The molecule has 0 unspecified atom stereocenters. The van der Waals surface area contributed by atoms with Crippen molar-refractivity contribution in [2.75, 3.05) is 12.8 Å². The Balaban J connectivity index is 2.41. The first-order valence-corrected chi connectivity index (χ1v) is 6.52. The van der Waals surface area contributed by atoms with Crippen molar-refractivity contribution < 1.29 is 14.3 Å². The summed E-state index contributed by atoms with van der Waals surface area (Å²) in [4.78, 5) is 16.4. The fraction of sp³-hybridized carbons (Fsp3) is 0.333. The van der Waals surface area contributed by atoms with Crippen LogP contribution in [0.2, 0.25) is 0 Å². The van der Waals surface area contributed by atoms with Gasteiger partial charge in [0.05, 0.1) is 7.11 Å². The van der Waals surface area contributed by atoms with Crippen molar-refractivity contribution in [1.29, 1.82) is 0 Å². The number of hydrogen-bond donors (Lipinski definition) is 1. The van der Waals surface area contributed by atoms with Crippen molar-refractivity contribution in [1.82, 2.24) is 9.55 Å². The molecule has 0 aliphatic carbocycles. The number of benzene rings is 1. The largest absolute Gasteiger partial charge is 0.497 e. The van der Waals surface area contributed by atoms with Crippen LogP contribution in [-0.2, 0) is 4.74 Å². The Hall–Kier alpha value is -2.50. The molecular formula is C15H19N3O3. The van der Waals surface area contributed by atoms with Crippen LogP contribution in [0, 0.1) is 0 Å². The Morgan fingerprint density at radius 3 is 2.62 bits per heavy atom. The minimum atomic E-state index is -0.577. The molecule has 21 heavy (non-hydrogen) atoms. The highest BCUT2D eigenvalue weighted by Crippen LogP contribution is 2.26. The molecule has 112 valence electrons. The van der Waals surface area contributed by atoms with Crippen LogP contribution >= 0.6 is 0 Å². The van der Waals surface area contributed by atoms with Crippen LogP contribution in [0.3, 0.4) is 0 Å². The highest BCUT2D eigenvalue weighted by Gasteiger charge is 2.20. The number of nitrogens with zero attached hydrogens (tertiary/aromatic N) is 2. The first kappa shape index (κ1) is 14.9. The summed E-state index contributed by atoms with van der Waals surface area (Å²) in [5.74, 6) is 1.05. The molecule has 0 bridgehead atoms. The van der Waals surface area contributed by atoms with E-state index in [1.54, 1.807) is 31.5 Å². The second-order valence-electron chi connectivity index (χ2n) is 5.60.